The van der Waals surface area contributed by atoms with E-state index in [-0.39, 0.29) is 30.6 Å². The van der Waals surface area contributed by atoms with Gasteiger partial charge < -0.3 is 15.3 Å². The maximum Gasteiger partial charge on any atom is 0.326 e. The minimum atomic E-state index is -1.12. The van der Waals surface area contributed by atoms with E-state index < -0.39 is 17.9 Å². The van der Waals surface area contributed by atoms with Crippen molar-refractivity contribution in [2.24, 2.45) is 0 Å². The summed E-state index contributed by atoms with van der Waals surface area (Å²) in [5, 5.41) is 18.4. The van der Waals surface area contributed by atoms with Gasteiger partial charge in [-0.2, -0.15) is 5.10 Å². The molecule has 2 amide bonds. The van der Waals surface area contributed by atoms with Crippen molar-refractivity contribution < 1.29 is 19.5 Å². The molecule has 0 aromatic carbocycles. The van der Waals surface area contributed by atoms with Crippen molar-refractivity contribution in [1.82, 2.24) is 20.4 Å². The Morgan fingerprint density at radius 2 is 2.00 bits per heavy atom. The number of rotatable bonds is 7. The predicted molar refractivity (Wildman–Crippen MR) is 79.5 cm³/mol. The Balaban J connectivity index is 2.90. The fraction of sp³-hybridized carbons (Fsp3) is 0.571. The van der Waals surface area contributed by atoms with Crippen LogP contribution in [0.3, 0.4) is 0 Å². The van der Waals surface area contributed by atoms with Gasteiger partial charge in [0, 0.05) is 25.7 Å². The lowest BCUT2D eigenvalue weighted by Gasteiger charge is -2.25. The number of hydrogen-bond acceptors (Lipinski definition) is 4. The molecule has 1 heterocycles. The van der Waals surface area contributed by atoms with Gasteiger partial charge in [0.2, 0.25) is 5.91 Å². The van der Waals surface area contributed by atoms with Gasteiger partial charge in [-0.15, -0.1) is 0 Å². The second kappa shape index (κ2) is 7.58. The van der Waals surface area contributed by atoms with E-state index in [4.69, 9.17) is 5.11 Å². The molecule has 3 N–H and O–H groups in total. The number of carboxylic acid groups (broad SMARTS) is 1. The molecule has 122 valence electrons. The van der Waals surface area contributed by atoms with Crippen molar-refractivity contribution >= 4 is 17.8 Å². The fourth-order valence-electron chi connectivity index (χ4n) is 1.85. The molecule has 0 saturated carbocycles. The van der Waals surface area contributed by atoms with Crippen LogP contribution in [0.1, 0.15) is 49.8 Å². The van der Waals surface area contributed by atoms with Gasteiger partial charge in [-0.3, -0.25) is 14.7 Å². The van der Waals surface area contributed by atoms with E-state index in [2.05, 4.69) is 15.5 Å². The molecule has 0 saturated heterocycles. The maximum atomic E-state index is 12.5. The maximum absolute atomic E-state index is 12.5. The van der Waals surface area contributed by atoms with Gasteiger partial charge >= 0.3 is 5.97 Å². The SMILES string of the molecule is CC(=O)NCCN(C(=O)c1cc(C(C)C)[nH]n1)C(C)C(=O)O. The third-order valence-electron chi connectivity index (χ3n) is 3.25. The van der Waals surface area contributed by atoms with Crippen LogP contribution in [0.4, 0.5) is 0 Å². The number of aromatic nitrogens is 2. The summed E-state index contributed by atoms with van der Waals surface area (Å²) >= 11 is 0. The summed E-state index contributed by atoms with van der Waals surface area (Å²) in [7, 11) is 0. The molecule has 0 fully saturated rings. The molecule has 1 atom stereocenters. The first-order chi connectivity index (χ1) is 10.2. The molecule has 1 aromatic rings. The molecule has 8 heteroatoms. The molecular formula is C14H22N4O4. The summed E-state index contributed by atoms with van der Waals surface area (Å²) in [5.41, 5.74) is 0.966. The van der Waals surface area contributed by atoms with Crippen LogP contribution in [0.5, 0.6) is 0 Å². The normalized spacial score (nSPS) is 12.0. The highest BCUT2D eigenvalue weighted by atomic mass is 16.4. The number of aliphatic carboxylic acids is 1. The standard InChI is InChI=1S/C14H22N4O4/c1-8(2)11-7-12(17-16-11)13(20)18(9(3)14(21)22)6-5-15-10(4)19/h7-9H,5-6H2,1-4H3,(H,15,19)(H,16,17)(H,21,22). The first kappa shape index (κ1) is 17.7. The third-order valence-corrected chi connectivity index (χ3v) is 3.25. The number of carbonyl (C=O) groups is 3. The highest BCUT2D eigenvalue weighted by molar-refractivity contribution is 5.95. The Morgan fingerprint density at radius 1 is 1.36 bits per heavy atom. The van der Waals surface area contributed by atoms with E-state index in [9.17, 15) is 14.4 Å². The lowest BCUT2D eigenvalue weighted by molar-refractivity contribution is -0.141. The Bertz CT molecular complexity index is 553. The van der Waals surface area contributed by atoms with Crippen molar-refractivity contribution in [3.05, 3.63) is 17.5 Å². The van der Waals surface area contributed by atoms with Crippen molar-refractivity contribution in [2.75, 3.05) is 13.1 Å². The second-order valence-electron chi connectivity index (χ2n) is 5.36. The number of nitrogens with zero attached hydrogens (tertiary/aromatic N) is 2. The van der Waals surface area contributed by atoms with Crippen LogP contribution in [0.25, 0.3) is 0 Å². The Morgan fingerprint density at radius 3 is 2.45 bits per heavy atom. The van der Waals surface area contributed by atoms with E-state index in [0.29, 0.717) is 0 Å². The topological polar surface area (TPSA) is 115 Å². The van der Waals surface area contributed by atoms with Crippen LogP contribution < -0.4 is 5.32 Å². The van der Waals surface area contributed by atoms with E-state index in [0.717, 1.165) is 5.69 Å². The van der Waals surface area contributed by atoms with Gasteiger partial charge in [-0.1, -0.05) is 13.8 Å². The summed E-state index contributed by atoms with van der Waals surface area (Å²) in [6.45, 7) is 6.96. The van der Waals surface area contributed by atoms with E-state index in [1.807, 2.05) is 13.8 Å². The number of carbonyl (C=O) groups excluding carboxylic acids is 2. The number of amides is 2. The van der Waals surface area contributed by atoms with Gasteiger partial charge in [-0.25, -0.2) is 4.79 Å². The zero-order chi connectivity index (χ0) is 16.9. The molecule has 0 aliphatic carbocycles. The van der Waals surface area contributed by atoms with Crippen molar-refractivity contribution in [1.29, 1.82) is 0 Å². The van der Waals surface area contributed by atoms with Crippen molar-refractivity contribution in [2.45, 2.75) is 39.7 Å². The molecular weight excluding hydrogens is 288 g/mol. The van der Waals surface area contributed by atoms with E-state index in [1.165, 1.54) is 18.7 Å². The summed E-state index contributed by atoms with van der Waals surface area (Å²) in [5.74, 6) is -1.66. The zero-order valence-corrected chi connectivity index (χ0v) is 13.2. The number of hydrogen-bond donors (Lipinski definition) is 3. The van der Waals surface area contributed by atoms with Crippen molar-refractivity contribution in [3.8, 4) is 0 Å². The van der Waals surface area contributed by atoms with Crippen LogP contribution in [0, 0.1) is 0 Å². The summed E-state index contributed by atoms with van der Waals surface area (Å²) in [6.07, 6.45) is 0. The Hall–Kier alpha value is -2.38. The molecule has 0 bridgehead atoms. The Labute approximate surface area is 128 Å². The molecule has 0 aliphatic rings. The number of aromatic amines is 1. The molecule has 0 spiro atoms. The first-order valence-electron chi connectivity index (χ1n) is 7.07. The molecule has 1 aromatic heterocycles. The average molecular weight is 310 g/mol. The van der Waals surface area contributed by atoms with Crippen molar-refractivity contribution in [3.63, 3.8) is 0 Å². The van der Waals surface area contributed by atoms with Gasteiger partial charge in [0.25, 0.3) is 5.91 Å². The number of H-pyrrole nitrogens is 1. The third kappa shape index (κ3) is 4.57. The molecule has 1 unspecified atom stereocenters. The zero-order valence-electron chi connectivity index (χ0n) is 13.2. The van der Waals surface area contributed by atoms with Crippen LogP contribution in [0.2, 0.25) is 0 Å². The highest BCUT2D eigenvalue weighted by Gasteiger charge is 2.28. The van der Waals surface area contributed by atoms with E-state index in [1.54, 1.807) is 6.07 Å². The van der Waals surface area contributed by atoms with Gasteiger partial charge in [0.1, 0.15) is 11.7 Å². The average Bonchev–Trinajstić information content (AvgIpc) is 2.91. The van der Waals surface area contributed by atoms with Gasteiger partial charge in [-0.05, 0) is 18.9 Å². The lowest BCUT2D eigenvalue weighted by Crippen LogP contribution is -2.46. The molecule has 8 nitrogen and oxygen atoms in total. The second-order valence-corrected chi connectivity index (χ2v) is 5.36. The first-order valence-corrected chi connectivity index (χ1v) is 7.07. The minimum absolute atomic E-state index is 0.0930. The number of carboxylic acids is 1. The van der Waals surface area contributed by atoms with Crippen LogP contribution in [0.15, 0.2) is 6.07 Å². The van der Waals surface area contributed by atoms with Crippen LogP contribution in [-0.4, -0.2) is 57.1 Å². The summed E-state index contributed by atoms with van der Waals surface area (Å²) in [6, 6.07) is 0.605. The molecule has 0 aliphatic heterocycles. The van der Waals surface area contributed by atoms with Crippen LogP contribution >= 0.6 is 0 Å². The molecule has 22 heavy (non-hydrogen) atoms. The predicted octanol–water partition coefficient (Wildman–Crippen LogP) is 0.584. The lowest BCUT2D eigenvalue weighted by atomic mass is 10.1. The smallest absolute Gasteiger partial charge is 0.326 e. The van der Waals surface area contributed by atoms with Gasteiger partial charge in [0.15, 0.2) is 0 Å². The minimum Gasteiger partial charge on any atom is -0.480 e. The molecule has 0 radical (unpaired) electrons. The van der Waals surface area contributed by atoms with Gasteiger partial charge in [0.05, 0.1) is 0 Å². The van der Waals surface area contributed by atoms with E-state index >= 15 is 0 Å². The highest BCUT2D eigenvalue weighted by Crippen LogP contribution is 2.14. The summed E-state index contributed by atoms with van der Waals surface area (Å²) in [4.78, 5) is 35.7. The monoisotopic (exact) mass is 310 g/mol. The van der Waals surface area contributed by atoms with Crippen LogP contribution in [-0.2, 0) is 9.59 Å². The fourth-order valence-corrected chi connectivity index (χ4v) is 1.85. The quantitative estimate of drug-likeness (QED) is 0.681. The Kier molecular flexibility index (Phi) is 6.09. The summed E-state index contributed by atoms with van der Waals surface area (Å²) < 4.78 is 0. The largest absolute Gasteiger partial charge is 0.480 e. The molecule has 1 rings (SSSR count). The number of nitrogens with one attached hydrogen (secondary N) is 2.